The minimum Gasteiger partial charge on any atom is -0.467 e. The summed E-state index contributed by atoms with van der Waals surface area (Å²) in [5.74, 6) is 0.404. The largest absolute Gasteiger partial charge is 0.467 e. The van der Waals surface area contributed by atoms with E-state index in [1.165, 1.54) is 12.1 Å². The first-order chi connectivity index (χ1) is 11.7. The number of benzene rings is 1. The highest BCUT2D eigenvalue weighted by molar-refractivity contribution is 5.73. The van der Waals surface area contributed by atoms with Gasteiger partial charge in [-0.2, -0.15) is 5.10 Å². The predicted molar refractivity (Wildman–Crippen MR) is 85.7 cm³/mol. The Morgan fingerprint density at radius 3 is 2.71 bits per heavy atom. The molecule has 0 radical (unpaired) electrons. The number of furan rings is 1. The first-order valence-electron chi connectivity index (χ1n) is 7.51. The second-order valence-electron chi connectivity index (χ2n) is 5.21. The molecule has 2 N–H and O–H groups in total. The summed E-state index contributed by atoms with van der Waals surface area (Å²) in [7, 11) is 0. The van der Waals surface area contributed by atoms with Crippen molar-refractivity contribution >= 4 is 6.03 Å². The molecule has 0 spiro atoms. The summed E-state index contributed by atoms with van der Waals surface area (Å²) in [6, 6.07) is 10.9. The number of hydrogen-bond donors (Lipinski definition) is 2. The Balaban J connectivity index is 1.54. The molecule has 0 bridgehead atoms. The van der Waals surface area contributed by atoms with Gasteiger partial charge in [-0.05, 0) is 35.9 Å². The van der Waals surface area contributed by atoms with Crippen LogP contribution in [0.25, 0.3) is 0 Å². The third-order valence-corrected chi connectivity index (χ3v) is 3.54. The Morgan fingerprint density at radius 1 is 1.21 bits per heavy atom. The average molecular weight is 328 g/mol. The van der Waals surface area contributed by atoms with Gasteiger partial charge in [-0.25, -0.2) is 9.18 Å². The maximum Gasteiger partial charge on any atom is 0.315 e. The molecule has 0 aliphatic heterocycles. The molecule has 1 aromatic carbocycles. The molecule has 6 nitrogen and oxygen atoms in total. The molecule has 0 fully saturated rings. The van der Waals surface area contributed by atoms with Crippen molar-refractivity contribution in [3.8, 4) is 0 Å². The quantitative estimate of drug-likeness (QED) is 0.731. The average Bonchev–Trinajstić information content (AvgIpc) is 3.29. The van der Waals surface area contributed by atoms with Crippen LogP contribution in [0, 0.1) is 5.82 Å². The van der Waals surface area contributed by atoms with E-state index in [0.29, 0.717) is 18.8 Å². The highest BCUT2D eigenvalue weighted by Crippen LogP contribution is 2.17. The van der Waals surface area contributed by atoms with E-state index < -0.39 is 0 Å². The minimum absolute atomic E-state index is 0.230. The van der Waals surface area contributed by atoms with E-state index in [1.807, 2.05) is 18.3 Å². The van der Waals surface area contributed by atoms with Gasteiger partial charge in [0.1, 0.15) is 17.6 Å². The Hall–Kier alpha value is -3.09. The molecular weight excluding hydrogens is 311 g/mol. The van der Waals surface area contributed by atoms with Crippen LogP contribution >= 0.6 is 0 Å². The molecule has 7 heteroatoms. The van der Waals surface area contributed by atoms with E-state index in [4.69, 9.17) is 4.42 Å². The molecule has 0 aliphatic carbocycles. The Labute approximate surface area is 138 Å². The first kappa shape index (κ1) is 15.8. The molecule has 2 heterocycles. The summed E-state index contributed by atoms with van der Waals surface area (Å²) < 4.78 is 20.0. The number of carbonyl (C=O) groups excluding carboxylic acids is 1. The summed E-state index contributed by atoms with van der Waals surface area (Å²) >= 11 is 0. The number of nitrogens with zero attached hydrogens (tertiary/aromatic N) is 2. The normalized spacial score (nSPS) is 11.9. The lowest BCUT2D eigenvalue weighted by Gasteiger charge is -2.16. The van der Waals surface area contributed by atoms with E-state index in [0.717, 1.165) is 5.56 Å². The fourth-order valence-corrected chi connectivity index (χ4v) is 2.31. The van der Waals surface area contributed by atoms with Crippen LogP contribution in [-0.2, 0) is 6.54 Å². The van der Waals surface area contributed by atoms with E-state index in [9.17, 15) is 9.18 Å². The molecular formula is C17H17FN4O2. The Bertz CT molecular complexity index is 720. The van der Waals surface area contributed by atoms with Gasteiger partial charge in [-0.15, -0.1) is 0 Å². The second kappa shape index (κ2) is 7.45. The number of urea groups is 1. The molecule has 1 atom stereocenters. The van der Waals surface area contributed by atoms with Gasteiger partial charge in [0.2, 0.25) is 0 Å². The van der Waals surface area contributed by atoms with Crippen LogP contribution < -0.4 is 10.6 Å². The van der Waals surface area contributed by atoms with E-state index in [1.54, 1.807) is 35.3 Å². The van der Waals surface area contributed by atoms with Crippen molar-refractivity contribution in [1.29, 1.82) is 0 Å². The standard InChI is InChI=1S/C17H17FN4O2/c18-14-6-4-13(5-7-14)11-19-17(23)20-12-15(16-3-1-10-24-16)22-9-2-8-21-22/h1-10,15H,11-12H2,(H2,19,20,23). The topological polar surface area (TPSA) is 72.1 Å². The lowest BCUT2D eigenvalue weighted by atomic mass is 10.2. The molecule has 24 heavy (non-hydrogen) atoms. The van der Waals surface area contributed by atoms with Crippen LogP contribution in [0.2, 0.25) is 0 Å². The highest BCUT2D eigenvalue weighted by Gasteiger charge is 2.17. The maximum absolute atomic E-state index is 12.8. The van der Waals surface area contributed by atoms with Crippen molar-refractivity contribution in [2.45, 2.75) is 12.6 Å². The monoisotopic (exact) mass is 328 g/mol. The van der Waals surface area contributed by atoms with E-state index in [2.05, 4.69) is 15.7 Å². The SMILES string of the molecule is O=C(NCc1ccc(F)cc1)NCC(c1ccco1)n1cccn1. The van der Waals surface area contributed by atoms with Crippen molar-refractivity contribution in [1.82, 2.24) is 20.4 Å². The van der Waals surface area contributed by atoms with Gasteiger partial charge in [0.15, 0.2) is 0 Å². The second-order valence-corrected chi connectivity index (χ2v) is 5.21. The summed E-state index contributed by atoms with van der Waals surface area (Å²) in [6.07, 6.45) is 5.07. The predicted octanol–water partition coefficient (Wildman–Crippen LogP) is 2.70. The van der Waals surface area contributed by atoms with Gasteiger partial charge in [0.05, 0.1) is 6.26 Å². The number of halogens is 1. The molecule has 1 unspecified atom stereocenters. The van der Waals surface area contributed by atoms with Crippen LogP contribution in [0.3, 0.4) is 0 Å². The van der Waals surface area contributed by atoms with Crippen LogP contribution in [0.4, 0.5) is 9.18 Å². The molecule has 3 rings (SSSR count). The Morgan fingerprint density at radius 2 is 2.04 bits per heavy atom. The zero-order chi connectivity index (χ0) is 16.8. The number of rotatable bonds is 6. The van der Waals surface area contributed by atoms with Crippen LogP contribution in [-0.4, -0.2) is 22.4 Å². The Kier molecular flexibility index (Phi) is 4.90. The zero-order valence-corrected chi connectivity index (χ0v) is 12.9. The van der Waals surface area contributed by atoms with E-state index >= 15 is 0 Å². The summed E-state index contributed by atoms with van der Waals surface area (Å²) in [5.41, 5.74) is 0.821. The van der Waals surface area contributed by atoms with Crippen molar-refractivity contribution in [3.05, 3.63) is 78.3 Å². The third kappa shape index (κ3) is 4.01. The molecule has 2 amide bonds. The molecule has 2 aromatic heterocycles. The lowest BCUT2D eigenvalue weighted by Crippen LogP contribution is -2.38. The minimum atomic E-state index is -0.317. The number of hydrogen-bond acceptors (Lipinski definition) is 3. The molecule has 0 aliphatic rings. The maximum atomic E-state index is 12.8. The van der Waals surface area contributed by atoms with Crippen LogP contribution in [0.5, 0.6) is 0 Å². The van der Waals surface area contributed by atoms with Gasteiger partial charge in [-0.1, -0.05) is 12.1 Å². The van der Waals surface area contributed by atoms with Gasteiger partial charge >= 0.3 is 6.03 Å². The number of carbonyl (C=O) groups is 1. The fourth-order valence-electron chi connectivity index (χ4n) is 2.31. The molecule has 0 saturated heterocycles. The summed E-state index contributed by atoms with van der Waals surface area (Å²) in [6.45, 7) is 0.643. The van der Waals surface area contributed by atoms with Crippen molar-refractivity contribution in [3.63, 3.8) is 0 Å². The van der Waals surface area contributed by atoms with Crippen molar-refractivity contribution in [2.75, 3.05) is 6.54 Å². The van der Waals surface area contributed by atoms with Gasteiger partial charge in [-0.3, -0.25) is 4.68 Å². The van der Waals surface area contributed by atoms with Crippen LogP contribution in [0.15, 0.2) is 65.5 Å². The summed E-state index contributed by atoms with van der Waals surface area (Å²) in [4.78, 5) is 12.0. The highest BCUT2D eigenvalue weighted by atomic mass is 19.1. The lowest BCUT2D eigenvalue weighted by molar-refractivity contribution is 0.238. The smallest absolute Gasteiger partial charge is 0.315 e. The van der Waals surface area contributed by atoms with Gasteiger partial charge in [0, 0.05) is 25.5 Å². The number of aromatic nitrogens is 2. The van der Waals surface area contributed by atoms with Crippen LogP contribution in [0.1, 0.15) is 17.4 Å². The molecule has 3 aromatic rings. The fraction of sp³-hybridized carbons (Fsp3) is 0.176. The zero-order valence-electron chi connectivity index (χ0n) is 12.9. The van der Waals surface area contributed by atoms with Crippen molar-refractivity contribution < 1.29 is 13.6 Å². The van der Waals surface area contributed by atoms with Gasteiger partial charge < -0.3 is 15.1 Å². The van der Waals surface area contributed by atoms with Gasteiger partial charge in [0.25, 0.3) is 0 Å². The summed E-state index contributed by atoms with van der Waals surface area (Å²) in [5, 5.41) is 9.73. The number of amides is 2. The molecule has 124 valence electrons. The molecule has 0 saturated carbocycles. The number of nitrogens with one attached hydrogen (secondary N) is 2. The van der Waals surface area contributed by atoms with Crippen molar-refractivity contribution in [2.24, 2.45) is 0 Å². The third-order valence-electron chi connectivity index (χ3n) is 3.54. The van der Waals surface area contributed by atoms with E-state index in [-0.39, 0.29) is 17.9 Å². The first-order valence-corrected chi connectivity index (χ1v) is 7.51.